The maximum atomic E-state index is 8.58. The number of rotatable bonds is 4. The number of anilines is 1. The summed E-state index contributed by atoms with van der Waals surface area (Å²) in [4.78, 5) is 2.27. The van der Waals surface area contributed by atoms with E-state index in [0.717, 1.165) is 13.1 Å². The zero-order valence-electron chi connectivity index (χ0n) is 8.10. The molecule has 0 bridgehead atoms. The van der Waals surface area contributed by atoms with Crippen molar-refractivity contribution in [3.63, 3.8) is 0 Å². The number of hydrogen-bond donors (Lipinski definition) is 1. The third-order valence-corrected chi connectivity index (χ3v) is 2.41. The summed E-state index contributed by atoms with van der Waals surface area (Å²) in [6.45, 7) is 2.43. The fourth-order valence-electron chi connectivity index (χ4n) is 1.61. The zero-order chi connectivity index (χ0) is 9.80. The van der Waals surface area contributed by atoms with Gasteiger partial charge in [-0.25, -0.2) is 0 Å². The number of hydrogen-bond acceptors (Lipinski definition) is 3. The number of ether oxygens (including phenoxy) is 1. The van der Waals surface area contributed by atoms with Crippen LogP contribution in [-0.4, -0.2) is 37.5 Å². The summed E-state index contributed by atoms with van der Waals surface area (Å²) in [6.07, 6.45) is 0.294. The van der Waals surface area contributed by atoms with Crippen LogP contribution in [0.25, 0.3) is 0 Å². The van der Waals surface area contributed by atoms with Crippen LogP contribution >= 0.6 is 0 Å². The van der Waals surface area contributed by atoms with E-state index in [4.69, 9.17) is 9.84 Å². The lowest BCUT2D eigenvalue weighted by Gasteiger charge is -2.40. The molecule has 1 heterocycles. The highest BCUT2D eigenvalue weighted by atomic mass is 16.5. The van der Waals surface area contributed by atoms with Crippen LogP contribution in [0.1, 0.15) is 0 Å². The van der Waals surface area contributed by atoms with Gasteiger partial charge < -0.3 is 14.7 Å². The molecule has 1 aliphatic rings. The van der Waals surface area contributed by atoms with Crippen molar-refractivity contribution in [3.8, 4) is 0 Å². The lowest BCUT2D eigenvalue weighted by Crippen LogP contribution is -2.52. The maximum Gasteiger partial charge on any atom is 0.0925 e. The van der Waals surface area contributed by atoms with Crippen molar-refractivity contribution in [2.45, 2.75) is 6.10 Å². The fourth-order valence-corrected chi connectivity index (χ4v) is 1.61. The van der Waals surface area contributed by atoms with Crippen LogP contribution < -0.4 is 4.90 Å². The van der Waals surface area contributed by atoms with Crippen molar-refractivity contribution in [2.24, 2.45) is 0 Å². The molecule has 1 aliphatic heterocycles. The molecular formula is C11H15NO2. The topological polar surface area (TPSA) is 32.7 Å². The van der Waals surface area contributed by atoms with E-state index in [1.807, 2.05) is 18.2 Å². The standard InChI is InChI=1S/C11H15NO2/c13-6-7-14-11-8-12(9-11)10-4-2-1-3-5-10/h1-5,11,13H,6-9H2. The molecule has 0 radical (unpaired) electrons. The average Bonchev–Trinajstić information content (AvgIpc) is 2.17. The van der Waals surface area contributed by atoms with E-state index in [-0.39, 0.29) is 6.61 Å². The van der Waals surface area contributed by atoms with Crippen LogP contribution in [0.4, 0.5) is 5.69 Å². The van der Waals surface area contributed by atoms with Gasteiger partial charge in [-0.15, -0.1) is 0 Å². The van der Waals surface area contributed by atoms with Gasteiger partial charge in [-0.05, 0) is 12.1 Å². The van der Waals surface area contributed by atoms with Gasteiger partial charge in [-0.2, -0.15) is 0 Å². The lowest BCUT2D eigenvalue weighted by molar-refractivity contribution is 0.0135. The summed E-state index contributed by atoms with van der Waals surface area (Å²) in [5.41, 5.74) is 1.25. The van der Waals surface area contributed by atoms with Gasteiger partial charge >= 0.3 is 0 Å². The third-order valence-electron chi connectivity index (χ3n) is 2.41. The molecule has 1 N–H and O–H groups in total. The van der Waals surface area contributed by atoms with E-state index in [9.17, 15) is 0 Å². The fraction of sp³-hybridized carbons (Fsp3) is 0.455. The summed E-state index contributed by atoms with van der Waals surface area (Å²) >= 11 is 0. The smallest absolute Gasteiger partial charge is 0.0925 e. The van der Waals surface area contributed by atoms with Gasteiger partial charge in [-0.1, -0.05) is 18.2 Å². The van der Waals surface area contributed by atoms with Gasteiger partial charge in [0.1, 0.15) is 0 Å². The molecule has 1 aromatic carbocycles. The first-order chi connectivity index (χ1) is 6.90. The molecule has 0 aliphatic carbocycles. The normalized spacial score (nSPS) is 16.8. The molecule has 1 aromatic rings. The minimum Gasteiger partial charge on any atom is -0.394 e. The van der Waals surface area contributed by atoms with Crippen LogP contribution in [0, 0.1) is 0 Å². The van der Waals surface area contributed by atoms with Gasteiger partial charge in [0.15, 0.2) is 0 Å². The predicted octanol–water partition coefficient (Wildman–Crippen LogP) is 0.884. The first-order valence-corrected chi connectivity index (χ1v) is 4.92. The Hall–Kier alpha value is -1.06. The highest BCUT2D eigenvalue weighted by molar-refractivity contribution is 5.48. The number of aliphatic hydroxyl groups excluding tert-OH is 1. The predicted molar refractivity (Wildman–Crippen MR) is 55.5 cm³/mol. The van der Waals surface area contributed by atoms with Crippen molar-refractivity contribution >= 4 is 5.69 Å². The van der Waals surface area contributed by atoms with E-state index in [2.05, 4.69) is 17.0 Å². The summed E-state index contributed by atoms with van der Waals surface area (Å²) in [5, 5.41) is 8.58. The molecular weight excluding hydrogens is 178 g/mol. The monoisotopic (exact) mass is 193 g/mol. The zero-order valence-corrected chi connectivity index (χ0v) is 8.10. The van der Waals surface area contributed by atoms with Crippen LogP contribution in [-0.2, 0) is 4.74 Å². The quantitative estimate of drug-likeness (QED) is 0.770. The summed E-state index contributed by atoms with van der Waals surface area (Å²) in [6, 6.07) is 10.3. The highest BCUT2D eigenvalue weighted by Gasteiger charge is 2.26. The molecule has 1 saturated heterocycles. The molecule has 0 atom stereocenters. The van der Waals surface area contributed by atoms with Crippen LogP contribution in [0.2, 0.25) is 0 Å². The van der Waals surface area contributed by atoms with E-state index in [0.29, 0.717) is 12.7 Å². The van der Waals surface area contributed by atoms with Crippen molar-refractivity contribution < 1.29 is 9.84 Å². The summed E-state index contributed by atoms with van der Waals surface area (Å²) in [7, 11) is 0. The Morgan fingerprint density at radius 3 is 2.64 bits per heavy atom. The SMILES string of the molecule is OCCOC1CN(c2ccccc2)C1. The Bertz CT molecular complexity index is 270. The van der Waals surface area contributed by atoms with Crippen molar-refractivity contribution in [2.75, 3.05) is 31.2 Å². The van der Waals surface area contributed by atoms with E-state index < -0.39 is 0 Å². The molecule has 0 amide bonds. The number of nitrogens with zero attached hydrogens (tertiary/aromatic N) is 1. The van der Waals surface area contributed by atoms with Gasteiger partial charge in [0.05, 0.1) is 19.3 Å². The van der Waals surface area contributed by atoms with Crippen LogP contribution in [0.3, 0.4) is 0 Å². The Morgan fingerprint density at radius 2 is 2.00 bits per heavy atom. The molecule has 2 rings (SSSR count). The Labute approximate surface area is 83.9 Å². The molecule has 0 saturated carbocycles. The number of benzene rings is 1. The van der Waals surface area contributed by atoms with Crippen molar-refractivity contribution in [3.05, 3.63) is 30.3 Å². The molecule has 1 fully saturated rings. The first kappa shape index (κ1) is 9.49. The molecule has 3 nitrogen and oxygen atoms in total. The molecule has 14 heavy (non-hydrogen) atoms. The summed E-state index contributed by atoms with van der Waals surface area (Å²) < 4.78 is 5.39. The second kappa shape index (κ2) is 4.44. The van der Waals surface area contributed by atoms with Gasteiger partial charge in [-0.3, -0.25) is 0 Å². The van der Waals surface area contributed by atoms with Gasteiger partial charge in [0.25, 0.3) is 0 Å². The second-order valence-electron chi connectivity index (χ2n) is 3.46. The lowest BCUT2D eigenvalue weighted by atomic mass is 10.1. The summed E-state index contributed by atoms with van der Waals surface area (Å²) in [5.74, 6) is 0. The molecule has 0 aromatic heterocycles. The van der Waals surface area contributed by atoms with E-state index in [1.165, 1.54) is 5.69 Å². The first-order valence-electron chi connectivity index (χ1n) is 4.92. The maximum absolute atomic E-state index is 8.58. The number of aliphatic hydroxyl groups is 1. The third kappa shape index (κ3) is 2.05. The van der Waals surface area contributed by atoms with Gasteiger partial charge in [0.2, 0.25) is 0 Å². The Morgan fingerprint density at radius 1 is 1.29 bits per heavy atom. The van der Waals surface area contributed by atoms with E-state index in [1.54, 1.807) is 0 Å². The van der Waals surface area contributed by atoms with Crippen molar-refractivity contribution in [1.29, 1.82) is 0 Å². The largest absolute Gasteiger partial charge is 0.394 e. The highest BCUT2D eigenvalue weighted by Crippen LogP contribution is 2.21. The molecule has 3 heteroatoms. The minimum atomic E-state index is 0.113. The molecule has 76 valence electrons. The second-order valence-corrected chi connectivity index (χ2v) is 3.46. The Balaban J connectivity index is 1.78. The van der Waals surface area contributed by atoms with Gasteiger partial charge in [0, 0.05) is 18.8 Å². The molecule has 0 unspecified atom stereocenters. The van der Waals surface area contributed by atoms with E-state index >= 15 is 0 Å². The van der Waals surface area contributed by atoms with Crippen LogP contribution in [0.15, 0.2) is 30.3 Å². The average molecular weight is 193 g/mol. The minimum absolute atomic E-state index is 0.113. The van der Waals surface area contributed by atoms with Crippen LogP contribution in [0.5, 0.6) is 0 Å². The van der Waals surface area contributed by atoms with Crippen molar-refractivity contribution in [1.82, 2.24) is 0 Å². The molecule has 0 spiro atoms. The number of para-hydroxylation sites is 1. The Kier molecular flexibility index (Phi) is 3.01.